The number of benzene rings is 1. The van der Waals surface area contributed by atoms with Gasteiger partial charge in [0.25, 0.3) is 0 Å². The van der Waals surface area contributed by atoms with Gasteiger partial charge in [-0.25, -0.2) is 4.79 Å². The fraction of sp³-hybridized carbons (Fsp3) is 0.565. The number of nitrogens with two attached hydrogens (primary N) is 2. The molecule has 0 spiro atoms. The molecule has 0 saturated heterocycles. The van der Waals surface area contributed by atoms with E-state index in [4.69, 9.17) is 11.5 Å². The minimum absolute atomic E-state index is 0.00865. The molecule has 8 N–H and O–H groups in total. The third kappa shape index (κ3) is 10.1. The average Bonchev–Trinajstić information content (AvgIpc) is 2.80. The minimum Gasteiger partial charge on any atom is -0.480 e. The van der Waals surface area contributed by atoms with Crippen LogP contribution >= 0.6 is 12.6 Å². The highest BCUT2D eigenvalue weighted by atomic mass is 32.1. The van der Waals surface area contributed by atoms with Crippen LogP contribution in [0, 0.1) is 5.92 Å². The summed E-state index contributed by atoms with van der Waals surface area (Å²) >= 11 is 4.14. The van der Waals surface area contributed by atoms with Crippen LogP contribution in [0.25, 0.3) is 0 Å². The van der Waals surface area contributed by atoms with Gasteiger partial charge in [0.15, 0.2) is 0 Å². The monoisotopic (exact) mass is 495 g/mol. The van der Waals surface area contributed by atoms with Crippen LogP contribution in [0.4, 0.5) is 0 Å². The Hall–Kier alpha value is -2.63. The molecule has 4 atom stereocenters. The average molecular weight is 496 g/mol. The molecule has 34 heavy (non-hydrogen) atoms. The maximum Gasteiger partial charge on any atom is 0.326 e. The van der Waals surface area contributed by atoms with Crippen molar-refractivity contribution in [1.29, 1.82) is 0 Å². The molecule has 0 bridgehead atoms. The van der Waals surface area contributed by atoms with Crippen molar-refractivity contribution in [2.75, 3.05) is 12.3 Å². The molecule has 0 aromatic heterocycles. The molecule has 0 saturated carbocycles. The van der Waals surface area contributed by atoms with Crippen molar-refractivity contribution in [2.24, 2.45) is 17.4 Å². The molecular formula is C23H37N5O5S. The second kappa shape index (κ2) is 15.3. The van der Waals surface area contributed by atoms with Gasteiger partial charge in [-0.05, 0) is 30.9 Å². The van der Waals surface area contributed by atoms with E-state index < -0.39 is 47.9 Å². The van der Waals surface area contributed by atoms with Crippen LogP contribution < -0.4 is 27.4 Å². The van der Waals surface area contributed by atoms with Crippen LogP contribution in [-0.2, 0) is 25.6 Å². The predicted octanol–water partition coefficient (Wildman–Crippen LogP) is -0.190. The minimum atomic E-state index is -1.19. The number of unbranched alkanes of at least 4 members (excludes halogenated alkanes) is 1. The molecule has 4 unspecified atom stereocenters. The molecule has 0 aliphatic carbocycles. The molecule has 190 valence electrons. The van der Waals surface area contributed by atoms with E-state index in [9.17, 15) is 24.3 Å². The van der Waals surface area contributed by atoms with E-state index >= 15 is 0 Å². The Morgan fingerprint density at radius 2 is 1.56 bits per heavy atom. The summed E-state index contributed by atoms with van der Waals surface area (Å²) in [7, 11) is 0. The SMILES string of the molecule is CC(C)C(NC(=O)C(CS)NC(=O)C(N)CCCCN)C(=O)NC(Cc1ccccc1)C(=O)O. The summed E-state index contributed by atoms with van der Waals surface area (Å²) in [4.78, 5) is 49.7. The molecule has 0 heterocycles. The van der Waals surface area contributed by atoms with E-state index in [1.807, 2.05) is 6.07 Å². The first kappa shape index (κ1) is 29.4. The van der Waals surface area contributed by atoms with Gasteiger partial charge in [0.2, 0.25) is 17.7 Å². The Labute approximate surface area is 206 Å². The van der Waals surface area contributed by atoms with Gasteiger partial charge in [0.05, 0.1) is 6.04 Å². The molecule has 10 nitrogen and oxygen atoms in total. The zero-order valence-corrected chi connectivity index (χ0v) is 20.6. The maximum atomic E-state index is 12.9. The van der Waals surface area contributed by atoms with Crippen LogP contribution in [0.15, 0.2) is 30.3 Å². The number of amides is 3. The van der Waals surface area contributed by atoms with Gasteiger partial charge in [0.1, 0.15) is 18.1 Å². The van der Waals surface area contributed by atoms with Crippen molar-refractivity contribution < 1.29 is 24.3 Å². The lowest BCUT2D eigenvalue weighted by atomic mass is 10.0. The lowest BCUT2D eigenvalue weighted by Gasteiger charge is -2.26. The Balaban J connectivity index is 2.80. The zero-order chi connectivity index (χ0) is 25.7. The van der Waals surface area contributed by atoms with Gasteiger partial charge < -0.3 is 32.5 Å². The number of thiol groups is 1. The summed E-state index contributed by atoms with van der Waals surface area (Å²) in [5, 5.41) is 17.2. The summed E-state index contributed by atoms with van der Waals surface area (Å²) in [6.07, 6.45) is 1.95. The number of carboxylic acids is 1. The largest absolute Gasteiger partial charge is 0.480 e. The number of carbonyl (C=O) groups is 4. The summed E-state index contributed by atoms with van der Waals surface area (Å²) < 4.78 is 0. The van der Waals surface area contributed by atoms with Gasteiger partial charge in [-0.15, -0.1) is 0 Å². The van der Waals surface area contributed by atoms with Gasteiger partial charge in [0, 0.05) is 12.2 Å². The quantitative estimate of drug-likeness (QED) is 0.130. The molecule has 0 aliphatic heterocycles. The molecular weight excluding hydrogens is 458 g/mol. The number of nitrogens with one attached hydrogen (secondary N) is 3. The smallest absolute Gasteiger partial charge is 0.326 e. The van der Waals surface area contributed by atoms with Crippen molar-refractivity contribution in [1.82, 2.24) is 16.0 Å². The highest BCUT2D eigenvalue weighted by molar-refractivity contribution is 7.80. The number of carbonyl (C=O) groups excluding carboxylic acids is 3. The van der Waals surface area contributed by atoms with Gasteiger partial charge in [-0.1, -0.05) is 50.6 Å². The molecule has 0 fully saturated rings. The third-order valence-corrected chi connectivity index (χ3v) is 5.63. The van der Waals surface area contributed by atoms with Gasteiger partial charge in [-0.2, -0.15) is 12.6 Å². The predicted molar refractivity (Wildman–Crippen MR) is 133 cm³/mol. The zero-order valence-electron chi connectivity index (χ0n) is 19.7. The number of hydrogen-bond acceptors (Lipinski definition) is 7. The second-order valence-electron chi connectivity index (χ2n) is 8.45. The maximum absolute atomic E-state index is 12.9. The highest BCUT2D eigenvalue weighted by Crippen LogP contribution is 2.08. The lowest BCUT2D eigenvalue weighted by Crippen LogP contribution is -2.59. The third-order valence-electron chi connectivity index (χ3n) is 5.27. The number of carboxylic acid groups (broad SMARTS) is 1. The number of rotatable bonds is 15. The Morgan fingerprint density at radius 1 is 0.941 bits per heavy atom. The lowest BCUT2D eigenvalue weighted by molar-refractivity contribution is -0.142. The molecule has 1 aromatic rings. The molecule has 11 heteroatoms. The van der Waals surface area contributed by atoms with Crippen molar-refractivity contribution in [3.63, 3.8) is 0 Å². The molecule has 0 aliphatic rings. The van der Waals surface area contributed by atoms with Crippen molar-refractivity contribution >= 4 is 36.3 Å². The van der Waals surface area contributed by atoms with E-state index in [0.29, 0.717) is 19.4 Å². The highest BCUT2D eigenvalue weighted by Gasteiger charge is 2.31. The normalized spacial score (nSPS) is 14.5. The molecule has 3 amide bonds. The van der Waals surface area contributed by atoms with E-state index in [1.165, 1.54) is 0 Å². The summed E-state index contributed by atoms with van der Waals surface area (Å²) in [5.41, 5.74) is 12.1. The second-order valence-corrected chi connectivity index (χ2v) is 8.82. The van der Waals surface area contributed by atoms with Crippen LogP contribution in [0.5, 0.6) is 0 Å². The van der Waals surface area contributed by atoms with Crippen molar-refractivity contribution in [3.05, 3.63) is 35.9 Å². The Kier molecular flexibility index (Phi) is 13.2. The van der Waals surface area contributed by atoms with E-state index in [-0.39, 0.29) is 18.1 Å². The van der Waals surface area contributed by atoms with E-state index in [1.54, 1.807) is 38.1 Å². The van der Waals surface area contributed by atoms with Crippen LogP contribution in [0.1, 0.15) is 38.7 Å². The number of aliphatic carboxylic acids is 1. The molecule has 0 radical (unpaired) electrons. The summed E-state index contributed by atoms with van der Waals surface area (Å²) in [6, 6.07) is 4.93. The first-order chi connectivity index (χ1) is 16.1. The molecule has 1 rings (SSSR count). The fourth-order valence-electron chi connectivity index (χ4n) is 3.21. The van der Waals surface area contributed by atoms with Crippen LogP contribution in [0.2, 0.25) is 0 Å². The van der Waals surface area contributed by atoms with Crippen LogP contribution in [0.3, 0.4) is 0 Å². The van der Waals surface area contributed by atoms with Crippen LogP contribution in [-0.4, -0.2) is 65.3 Å². The van der Waals surface area contributed by atoms with E-state index in [0.717, 1.165) is 12.0 Å². The summed E-state index contributed by atoms with van der Waals surface area (Å²) in [6.45, 7) is 3.95. The molecule has 1 aromatic carbocycles. The van der Waals surface area contributed by atoms with E-state index in [2.05, 4.69) is 28.6 Å². The van der Waals surface area contributed by atoms with Crippen molar-refractivity contribution in [3.8, 4) is 0 Å². The van der Waals surface area contributed by atoms with Gasteiger partial charge >= 0.3 is 5.97 Å². The summed E-state index contributed by atoms with van der Waals surface area (Å²) in [5.74, 6) is -3.27. The standard InChI is InChI=1S/C23H37N5O5S/c1-14(2)19(22(31)26-17(23(32)33)12-15-8-4-3-5-9-15)28-21(30)18(13-34)27-20(29)16(25)10-6-7-11-24/h3-5,8-9,14,16-19,34H,6-7,10-13,24-25H2,1-2H3,(H,26,31)(H,27,29)(H,28,30)(H,32,33). The van der Waals surface area contributed by atoms with Gasteiger partial charge in [-0.3, -0.25) is 14.4 Å². The van der Waals surface area contributed by atoms with Crippen molar-refractivity contribution in [2.45, 2.75) is 63.7 Å². The Morgan fingerprint density at radius 3 is 2.09 bits per heavy atom. The first-order valence-corrected chi connectivity index (χ1v) is 12.0. The first-order valence-electron chi connectivity index (χ1n) is 11.3. The number of hydrogen-bond donors (Lipinski definition) is 7. The fourth-order valence-corrected chi connectivity index (χ4v) is 3.47. The Bertz CT molecular complexity index is 808. The topological polar surface area (TPSA) is 177 Å².